The van der Waals surface area contributed by atoms with Gasteiger partial charge in [0.15, 0.2) is 0 Å². The van der Waals surface area contributed by atoms with Crippen molar-refractivity contribution in [2.75, 3.05) is 13.2 Å². The number of nitrogens with two attached hydrogens (primary N) is 1. The van der Waals surface area contributed by atoms with E-state index in [1.54, 1.807) is 0 Å². The molecule has 1 aromatic carbocycles. The summed E-state index contributed by atoms with van der Waals surface area (Å²) in [5.41, 5.74) is 7.86. The Balaban J connectivity index is 1.93. The van der Waals surface area contributed by atoms with Crippen molar-refractivity contribution in [3.63, 3.8) is 0 Å². The van der Waals surface area contributed by atoms with E-state index in [1.807, 2.05) is 19.1 Å². The minimum atomic E-state index is 0.272. The van der Waals surface area contributed by atoms with Crippen LogP contribution in [0, 0.1) is 6.92 Å². The molecule has 1 aromatic rings. The van der Waals surface area contributed by atoms with Crippen LogP contribution in [-0.2, 0) is 11.3 Å². The van der Waals surface area contributed by atoms with Crippen molar-refractivity contribution in [2.45, 2.75) is 32.4 Å². The molecule has 0 bridgehead atoms. The van der Waals surface area contributed by atoms with Gasteiger partial charge in [-0.05, 0) is 37.0 Å². The molecule has 16 heavy (non-hydrogen) atoms. The first-order chi connectivity index (χ1) is 7.79. The first-order valence-electron chi connectivity index (χ1n) is 5.83. The molecule has 1 atom stereocenters. The second-order valence-electron chi connectivity index (χ2n) is 4.25. The lowest BCUT2D eigenvalue weighted by Crippen LogP contribution is -2.16. The summed E-state index contributed by atoms with van der Waals surface area (Å²) in [6, 6.07) is 6.08. The van der Waals surface area contributed by atoms with Crippen LogP contribution < -0.4 is 10.5 Å². The van der Waals surface area contributed by atoms with Gasteiger partial charge < -0.3 is 15.2 Å². The van der Waals surface area contributed by atoms with Crippen LogP contribution in [-0.4, -0.2) is 19.3 Å². The molecule has 1 unspecified atom stereocenters. The van der Waals surface area contributed by atoms with Gasteiger partial charge in [0.1, 0.15) is 12.4 Å². The van der Waals surface area contributed by atoms with E-state index in [0.29, 0.717) is 13.2 Å². The van der Waals surface area contributed by atoms with E-state index < -0.39 is 0 Å². The number of benzene rings is 1. The fourth-order valence-electron chi connectivity index (χ4n) is 1.96. The Morgan fingerprint density at radius 2 is 2.38 bits per heavy atom. The molecule has 3 heteroatoms. The van der Waals surface area contributed by atoms with Gasteiger partial charge in [0.25, 0.3) is 0 Å². The highest BCUT2D eigenvalue weighted by atomic mass is 16.5. The molecule has 2 rings (SSSR count). The van der Waals surface area contributed by atoms with Crippen LogP contribution >= 0.6 is 0 Å². The maximum Gasteiger partial charge on any atom is 0.122 e. The summed E-state index contributed by atoms with van der Waals surface area (Å²) in [5, 5.41) is 0. The van der Waals surface area contributed by atoms with E-state index in [0.717, 1.165) is 36.3 Å². The van der Waals surface area contributed by atoms with Crippen LogP contribution in [0.1, 0.15) is 24.0 Å². The second kappa shape index (κ2) is 5.32. The molecule has 88 valence electrons. The average molecular weight is 221 g/mol. The zero-order chi connectivity index (χ0) is 11.4. The summed E-state index contributed by atoms with van der Waals surface area (Å²) in [5.74, 6) is 0.938. The fraction of sp³-hybridized carbons (Fsp3) is 0.538. The summed E-state index contributed by atoms with van der Waals surface area (Å²) < 4.78 is 11.3. The quantitative estimate of drug-likeness (QED) is 0.846. The van der Waals surface area contributed by atoms with Crippen molar-refractivity contribution >= 4 is 0 Å². The lowest BCUT2D eigenvalue weighted by Gasteiger charge is -2.13. The maximum atomic E-state index is 5.75. The minimum Gasteiger partial charge on any atom is -0.491 e. The molecule has 1 aliphatic rings. The Hall–Kier alpha value is -1.06. The number of hydrogen-bond donors (Lipinski definition) is 1. The molecule has 0 saturated carbocycles. The lowest BCUT2D eigenvalue weighted by atomic mass is 10.1. The molecule has 2 N–H and O–H groups in total. The second-order valence-corrected chi connectivity index (χ2v) is 4.25. The van der Waals surface area contributed by atoms with Crippen LogP contribution in [0.4, 0.5) is 0 Å². The summed E-state index contributed by atoms with van der Waals surface area (Å²) in [6.07, 6.45) is 2.53. The maximum absolute atomic E-state index is 5.75. The highest BCUT2D eigenvalue weighted by molar-refractivity contribution is 5.36. The molecule has 1 fully saturated rings. The van der Waals surface area contributed by atoms with Crippen LogP contribution in [0.2, 0.25) is 0 Å². The van der Waals surface area contributed by atoms with E-state index >= 15 is 0 Å². The third kappa shape index (κ3) is 2.74. The highest BCUT2D eigenvalue weighted by Gasteiger charge is 2.16. The average Bonchev–Trinajstić information content (AvgIpc) is 2.80. The van der Waals surface area contributed by atoms with Crippen molar-refractivity contribution < 1.29 is 9.47 Å². The van der Waals surface area contributed by atoms with Gasteiger partial charge in [-0.25, -0.2) is 0 Å². The topological polar surface area (TPSA) is 44.5 Å². The molecule has 1 aliphatic heterocycles. The van der Waals surface area contributed by atoms with Crippen LogP contribution in [0.5, 0.6) is 5.75 Å². The van der Waals surface area contributed by atoms with Gasteiger partial charge in [-0.2, -0.15) is 0 Å². The number of rotatable bonds is 4. The zero-order valence-electron chi connectivity index (χ0n) is 9.74. The predicted molar refractivity (Wildman–Crippen MR) is 63.5 cm³/mol. The SMILES string of the molecule is Cc1cc(CN)ccc1OCC1CCCO1. The summed E-state index contributed by atoms with van der Waals surface area (Å²) in [4.78, 5) is 0. The number of ether oxygens (including phenoxy) is 2. The molecular weight excluding hydrogens is 202 g/mol. The van der Waals surface area contributed by atoms with E-state index in [9.17, 15) is 0 Å². The monoisotopic (exact) mass is 221 g/mol. The van der Waals surface area contributed by atoms with Gasteiger partial charge in [-0.1, -0.05) is 12.1 Å². The Bertz CT molecular complexity index is 346. The van der Waals surface area contributed by atoms with Crippen molar-refractivity contribution in [1.29, 1.82) is 0 Å². The summed E-state index contributed by atoms with van der Waals surface area (Å²) >= 11 is 0. The lowest BCUT2D eigenvalue weighted by molar-refractivity contribution is 0.0677. The predicted octanol–water partition coefficient (Wildman–Crippen LogP) is 2.01. The molecule has 0 radical (unpaired) electrons. The molecular formula is C13H19NO2. The van der Waals surface area contributed by atoms with E-state index in [2.05, 4.69) is 6.07 Å². The van der Waals surface area contributed by atoms with Crippen LogP contribution in [0.25, 0.3) is 0 Å². The van der Waals surface area contributed by atoms with Gasteiger partial charge in [-0.3, -0.25) is 0 Å². The molecule has 0 aromatic heterocycles. The first kappa shape index (κ1) is 11.4. The molecule has 1 heterocycles. The van der Waals surface area contributed by atoms with Crippen LogP contribution in [0.3, 0.4) is 0 Å². The minimum absolute atomic E-state index is 0.272. The van der Waals surface area contributed by atoms with Crippen molar-refractivity contribution in [1.82, 2.24) is 0 Å². The molecule has 0 spiro atoms. The smallest absolute Gasteiger partial charge is 0.122 e. The zero-order valence-corrected chi connectivity index (χ0v) is 9.74. The van der Waals surface area contributed by atoms with Crippen molar-refractivity contribution in [2.24, 2.45) is 5.73 Å². The van der Waals surface area contributed by atoms with Gasteiger partial charge in [0.05, 0.1) is 6.10 Å². The number of aryl methyl sites for hydroxylation is 1. The standard InChI is InChI=1S/C13H19NO2/c1-10-7-11(8-14)4-5-13(10)16-9-12-3-2-6-15-12/h4-5,7,12H,2-3,6,8-9,14H2,1H3. The molecule has 1 saturated heterocycles. The van der Waals surface area contributed by atoms with E-state index in [4.69, 9.17) is 15.2 Å². The van der Waals surface area contributed by atoms with Crippen LogP contribution in [0.15, 0.2) is 18.2 Å². The number of hydrogen-bond acceptors (Lipinski definition) is 3. The van der Waals surface area contributed by atoms with Crippen molar-refractivity contribution in [3.05, 3.63) is 29.3 Å². The normalized spacial score (nSPS) is 20.0. The Morgan fingerprint density at radius 1 is 1.50 bits per heavy atom. The van der Waals surface area contributed by atoms with E-state index in [-0.39, 0.29) is 6.10 Å². The molecule has 0 amide bonds. The Kier molecular flexibility index (Phi) is 3.80. The van der Waals surface area contributed by atoms with E-state index in [1.165, 1.54) is 0 Å². The highest BCUT2D eigenvalue weighted by Crippen LogP contribution is 2.20. The van der Waals surface area contributed by atoms with Gasteiger partial charge in [-0.15, -0.1) is 0 Å². The van der Waals surface area contributed by atoms with Gasteiger partial charge in [0, 0.05) is 13.2 Å². The van der Waals surface area contributed by atoms with Gasteiger partial charge in [0.2, 0.25) is 0 Å². The third-order valence-electron chi connectivity index (χ3n) is 2.92. The largest absolute Gasteiger partial charge is 0.491 e. The summed E-state index contributed by atoms with van der Waals surface area (Å²) in [6.45, 7) is 4.15. The molecule has 3 nitrogen and oxygen atoms in total. The summed E-state index contributed by atoms with van der Waals surface area (Å²) in [7, 11) is 0. The van der Waals surface area contributed by atoms with Gasteiger partial charge >= 0.3 is 0 Å². The fourth-order valence-corrected chi connectivity index (χ4v) is 1.96. The van der Waals surface area contributed by atoms with Crippen molar-refractivity contribution in [3.8, 4) is 5.75 Å². The Morgan fingerprint density at radius 3 is 3.00 bits per heavy atom. The third-order valence-corrected chi connectivity index (χ3v) is 2.92. The molecule has 0 aliphatic carbocycles. The first-order valence-corrected chi connectivity index (χ1v) is 5.83. The Labute approximate surface area is 96.5 Å².